The quantitative estimate of drug-likeness (QED) is 0.387. The van der Waals surface area contributed by atoms with Gasteiger partial charge in [-0.1, -0.05) is 57.9 Å². The molecule has 29 heavy (non-hydrogen) atoms. The number of halogens is 1. The van der Waals surface area contributed by atoms with Gasteiger partial charge in [-0.2, -0.15) is 0 Å². The summed E-state index contributed by atoms with van der Waals surface area (Å²) in [5, 5.41) is 19.8. The number of hydrogen-bond acceptors (Lipinski definition) is 4. The van der Waals surface area contributed by atoms with Gasteiger partial charge in [0.05, 0.1) is 11.6 Å². The fraction of sp³-hybridized carbons (Fsp3) is 0.227. The molecule has 0 aliphatic carbocycles. The molecule has 0 aromatic heterocycles. The highest BCUT2D eigenvalue weighted by atomic mass is 79.9. The fourth-order valence-electron chi connectivity index (χ4n) is 3.37. The van der Waals surface area contributed by atoms with Crippen molar-refractivity contribution in [3.05, 3.63) is 75.3 Å². The summed E-state index contributed by atoms with van der Waals surface area (Å²) in [7, 11) is 0. The molecule has 1 atom stereocenters. The Morgan fingerprint density at radius 1 is 1.03 bits per heavy atom. The second kappa shape index (κ2) is 8.61. The first-order chi connectivity index (χ1) is 13.8. The maximum absolute atomic E-state index is 12.8. The number of aliphatic hydroxyl groups excluding tert-OH is 1. The zero-order valence-electron chi connectivity index (χ0n) is 15.8. The zero-order chi connectivity index (χ0) is 21.1. The third kappa shape index (κ3) is 4.40. The lowest BCUT2D eigenvalue weighted by molar-refractivity contribution is -0.140. The Hall–Kier alpha value is -2.93. The van der Waals surface area contributed by atoms with Gasteiger partial charge in [-0.15, -0.1) is 0 Å². The van der Waals surface area contributed by atoms with Gasteiger partial charge in [0.25, 0.3) is 11.7 Å². The van der Waals surface area contributed by atoms with Crippen LogP contribution in [0.2, 0.25) is 0 Å². The summed E-state index contributed by atoms with van der Waals surface area (Å²) in [6.07, 6.45) is 0.0912. The van der Waals surface area contributed by atoms with Gasteiger partial charge in [-0.3, -0.25) is 14.4 Å². The molecule has 1 saturated heterocycles. The molecule has 0 bridgehead atoms. The van der Waals surface area contributed by atoms with Crippen LogP contribution in [0.5, 0.6) is 0 Å². The molecule has 1 aliphatic heterocycles. The number of aryl methyl sites for hydroxylation is 1. The van der Waals surface area contributed by atoms with Crippen molar-refractivity contribution in [3.8, 4) is 0 Å². The van der Waals surface area contributed by atoms with Crippen LogP contribution in [0.3, 0.4) is 0 Å². The standard InChI is InChI=1S/C22H20BrNO5/c1-13-4-6-15(7-5-13)20(27)18-19(14-8-10-16(23)11-9-14)24(22(29)21(18)28)12-2-3-17(25)26/h4-11,19,27H,2-3,12H2,1H3,(H,25,26)/t19-/m0/s1. The van der Waals surface area contributed by atoms with Gasteiger partial charge in [0.15, 0.2) is 0 Å². The van der Waals surface area contributed by atoms with Crippen LogP contribution < -0.4 is 0 Å². The number of hydrogen-bond donors (Lipinski definition) is 2. The molecule has 6 nitrogen and oxygen atoms in total. The zero-order valence-corrected chi connectivity index (χ0v) is 17.3. The maximum Gasteiger partial charge on any atom is 0.303 e. The van der Waals surface area contributed by atoms with E-state index in [2.05, 4.69) is 15.9 Å². The van der Waals surface area contributed by atoms with Crippen LogP contribution in [0.15, 0.2) is 58.6 Å². The summed E-state index contributed by atoms with van der Waals surface area (Å²) < 4.78 is 0.836. The number of rotatable bonds is 6. The summed E-state index contributed by atoms with van der Waals surface area (Å²) in [6, 6.07) is 13.4. The van der Waals surface area contributed by atoms with E-state index < -0.39 is 23.7 Å². The van der Waals surface area contributed by atoms with Crippen LogP contribution in [0.25, 0.3) is 5.76 Å². The Morgan fingerprint density at radius 3 is 2.24 bits per heavy atom. The highest BCUT2D eigenvalue weighted by Crippen LogP contribution is 2.39. The summed E-state index contributed by atoms with van der Waals surface area (Å²) in [5.74, 6) is -2.72. The second-order valence-corrected chi connectivity index (χ2v) is 7.82. The molecule has 0 unspecified atom stereocenters. The van der Waals surface area contributed by atoms with E-state index in [1.54, 1.807) is 36.4 Å². The van der Waals surface area contributed by atoms with E-state index in [1.807, 2.05) is 19.1 Å². The lowest BCUT2D eigenvalue weighted by atomic mass is 9.95. The van der Waals surface area contributed by atoms with Crippen LogP contribution in [0.4, 0.5) is 0 Å². The molecular formula is C22H20BrNO5. The molecule has 2 N–H and O–H groups in total. The predicted molar refractivity (Wildman–Crippen MR) is 111 cm³/mol. The largest absolute Gasteiger partial charge is 0.507 e. The van der Waals surface area contributed by atoms with Crippen molar-refractivity contribution >= 4 is 39.3 Å². The fourth-order valence-corrected chi connectivity index (χ4v) is 3.63. The van der Waals surface area contributed by atoms with Crippen molar-refractivity contribution < 1.29 is 24.6 Å². The molecule has 0 radical (unpaired) electrons. The van der Waals surface area contributed by atoms with Gasteiger partial charge < -0.3 is 15.1 Å². The number of carbonyl (C=O) groups excluding carboxylic acids is 2. The molecule has 1 amide bonds. The minimum Gasteiger partial charge on any atom is -0.507 e. The average Bonchev–Trinajstić information content (AvgIpc) is 2.93. The number of nitrogens with zero attached hydrogens (tertiary/aromatic N) is 1. The monoisotopic (exact) mass is 457 g/mol. The number of carboxylic acids is 1. The number of aliphatic carboxylic acids is 1. The molecule has 3 rings (SSSR count). The van der Waals surface area contributed by atoms with Gasteiger partial charge >= 0.3 is 5.97 Å². The Morgan fingerprint density at radius 2 is 1.66 bits per heavy atom. The number of carboxylic acid groups (broad SMARTS) is 1. The Balaban J connectivity index is 2.08. The van der Waals surface area contributed by atoms with Crippen LogP contribution in [-0.2, 0) is 14.4 Å². The van der Waals surface area contributed by atoms with Gasteiger partial charge in [0.1, 0.15) is 5.76 Å². The second-order valence-electron chi connectivity index (χ2n) is 6.91. The van der Waals surface area contributed by atoms with Crippen molar-refractivity contribution in [2.45, 2.75) is 25.8 Å². The van der Waals surface area contributed by atoms with Gasteiger partial charge in [0, 0.05) is 23.0 Å². The highest BCUT2D eigenvalue weighted by molar-refractivity contribution is 9.10. The minimum absolute atomic E-state index is 0.0106. The average molecular weight is 458 g/mol. The van der Waals surface area contributed by atoms with E-state index in [0.717, 1.165) is 10.0 Å². The van der Waals surface area contributed by atoms with E-state index >= 15 is 0 Å². The van der Waals surface area contributed by atoms with E-state index in [4.69, 9.17) is 5.11 Å². The first-order valence-electron chi connectivity index (χ1n) is 9.12. The topological polar surface area (TPSA) is 94.9 Å². The van der Waals surface area contributed by atoms with Crippen molar-refractivity contribution in [2.75, 3.05) is 6.54 Å². The van der Waals surface area contributed by atoms with Crippen molar-refractivity contribution in [2.24, 2.45) is 0 Å². The van der Waals surface area contributed by atoms with Crippen molar-refractivity contribution in [3.63, 3.8) is 0 Å². The van der Waals surface area contributed by atoms with E-state index in [-0.39, 0.29) is 30.7 Å². The summed E-state index contributed by atoms with van der Waals surface area (Å²) in [5.41, 5.74) is 2.12. The van der Waals surface area contributed by atoms with E-state index in [9.17, 15) is 19.5 Å². The number of amides is 1. The number of benzene rings is 2. The first kappa shape index (κ1) is 20.8. The molecule has 7 heteroatoms. The van der Waals surface area contributed by atoms with Crippen LogP contribution >= 0.6 is 15.9 Å². The van der Waals surface area contributed by atoms with Gasteiger partial charge in [-0.05, 0) is 31.0 Å². The lowest BCUT2D eigenvalue weighted by Crippen LogP contribution is -2.31. The summed E-state index contributed by atoms with van der Waals surface area (Å²) >= 11 is 3.36. The molecule has 0 saturated carbocycles. The Bertz CT molecular complexity index is 979. The van der Waals surface area contributed by atoms with E-state index in [0.29, 0.717) is 11.1 Å². The summed E-state index contributed by atoms with van der Waals surface area (Å²) in [4.78, 5) is 37.7. The molecule has 150 valence electrons. The van der Waals surface area contributed by atoms with Crippen LogP contribution in [0.1, 0.15) is 35.6 Å². The minimum atomic E-state index is -0.971. The number of aliphatic hydroxyl groups is 1. The number of ketones is 1. The highest BCUT2D eigenvalue weighted by Gasteiger charge is 2.45. The van der Waals surface area contributed by atoms with Crippen LogP contribution in [0, 0.1) is 6.92 Å². The molecule has 1 aliphatic rings. The van der Waals surface area contributed by atoms with E-state index in [1.165, 1.54) is 4.90 Å². The normalized spacial score (nSPS) is 18.3. The lowest BCUT2D eigenvalue weighted by Gasteiger charge is -2.25. The molecule has 2 aromatic rings. The van der Waals surface area contributed by atoms with Crippen LogP contribution in [-0.4, -0.2) is 39.3 Å². The molecule has 2 aromatic carbocycles. The molecule has 1 fully saturated rings. The third-order valence-electron chi connectivity index (χ3n) is 4.84. The maximum atomic E-state index is 12.8. The third-order valence-corrected chi connectivity index (χ3v) is 5.37. The Kier molecular flexibility index (Phi) is 6.17. The first-order valence-corrected chi connectivity index (χ1v) is 9.91. The van der Waals surface area contributed by atoms with Crippen molar-refractivity contribution in [1.82, 2.24) is 4.90 Å². The molecule has 0 spiro atoms. The number of Topliss-reactive ketones (excluding diaryl/α,β-unsaturated/α-hetero) is 1. The predicted octanol–water partition coefficient (Wildman–Crippen LogP) is 4.04. The number of carbonyl (C=O) groups is 3. The van der Waals surface area contributed by atoms with Gasteiger partial charge in [0.2, 0.25) is 0 Å². The SMILES string of the molecule is Cc1ccc(C(O)=C2C(=O)C(=O)N(CCCC(=O)O)[C@H]2c2ccc(Br)cc2)cc1. The smallest absolute Gasteiger partial charge is 0.303 e. The number of likely N-dealkylation sites (tertiary alicyclic amines) is 1. The summed E-state index contributed by atoms with van der Waals surface area (Å²) in [6.45, 7) is 2.01. The van der Waals surface area contributed by atoms with Crippen molar-refractivity contribution in [1.29, 1.82) is 0 Å². The Labute approximate surface area is 176 Å². The molecule has 1 heterocycles. The van der Waals surface area contributed by atoms with Gasteiger partial charge in [-0.25, -0.2) is 0 Å². The molecular weight excluding hydrogens is 438 g/mol.